The smallest absolute Gasteiger partial charge is 0.271 e. The highest BCUT2D eigenvalue weighted by atomic mass is 35.5. The van der Waals surface area contributed by atoms with Gasteiger partial charge in [0.05, 0.1) is 11.2 Å². The molecule has 1 heterocycles. The molecule has 0 fully saturated rings. The number of nitrogens with one attached hydrogen (secondary N) is 2. The summed E-state index contributed by atoms with van der Waals surface area (Å²) in [6.07, 6.45) is 3.97. The number of nitrogens with zero attached hydrogens (tertiary/aromatic N) is 2. The van der Waals surface area contributed by atoms with Crippen LogP contribution < -0.4 is 10.6 Å². The Morgan fingerprint density at radius 3 is 2.60 bits per heavy atom. The molecule has 2 aromatic rings. The highest BCUT2D eigenvalue weighted by Gasteiger charge is 2.13. The average molecular weight is 399 g/mol. The first kappa shape index (κ1) is 19.5. The van der Waals surface area contributed by atoms with Crippen LogP contribution in [0.25, 0.3) is 0 Å². The van der Waals surface area contributed by atoms with Gasteiger partial charge in [0, 0.05) is 23.7 Å². The summed E-state index contributed by atoms with van der Waals surface area (Å²) in [5.74, 6) is -0.526. The summed E-state index contributed by atoms with van der Waals surface area (Å²) in [5.41, 5.74) is 0.808. The van der Waals surface area contributed by atoms with Gasteiger partial charge in [0.25, 0.3) is 5.91 Å². The number of halogens is 2. The number of thioether (sulfide) groups is 1. The van der Waals surface area contributed by atoms with Crippen LogP contribution in [-0.2, 0) is 4.79 Å². The molecule has 0 radical (unpaired) electrons. The first-order chi connectivity index (χ1) is 12.0. The van der Waals surface area contributed by atoms with Gasteiger partial charge in [-0.2, -0.15) is 0 Å². The van der Waals surface area contributed by atoms with Crippen LogP contribution in [-0.4, -0.2) is 34.6 Å². The third-order valence-electron chi connectivity index (χ3n) is 3.11. The van der Waals surface area contributed by atoms with Crippen LogP contribution in [0.5, 0.6) is 0 Å². The number of carbonyl (C=O) groups excluding carboxylic acids is 2. The van der Waals surface area contributed by atoms with Crippen molar-refractivity contribution in [2.75, 3.05) is 18.1 Å². The molecule has 0 aliphatic rings. The Kier molecular flexibility index (Phi) is 7.49. The molecule has 0 unspecified atom stereocenters. The van der Waals surface area contributed by atoms with Crippen molar-refractivity contribution in [3.8, 4) is 0 Å². The second kappa shape index (κ2) is 9.60. The molecule has 0 aliphatic carbocycles. The van der Waals surface area contributed by atoms with Gasteiger partial charge in [-0.25, -0.2) is 9.97 Å². The van der Waals surface area contributed by atoms with Gasteiger partial charge in [-0.3, -0.25) is 9.59 Å². The first-order valence-corrected chi connectivity index (χ1v) is 9.38. The molecular formula is C16H16Cl2N4O2S. The van der Waals surface area contributed by atoms with Gasteiger partial charge in [-0.1, -0.05) is 35.0 Å². The Morgan fingerprint density at radius 1 is 1.20 bits per heavy atom. The first-order valence-electron chi connectivity index (χ1n) is 7.39. The fraction of sp³-hybridized carbons (Fsp3) is 0.250. The minimum absolute atomic E-state index is 0.131. The highest BCUT2D eigenvalue weighted by molar-refractivity contribution is 7.98. The molecule has 0 bridgehead atoms. The van der Waals surface area contributed by atoms with Gasteiger partial charge in [-0.05, 0) is 36.9 Å². The number of anilines is 1. The number of amides is 2. The molecule has 6 nitrogen and oxygen atoms in total. The lowest BCUT2D eigenvalue weighted by molar-refractivity contribution is -0.116. The third kappa shape index (κ3) is 6.19. The van der Waals surface area contributed by atoms with Gasteiger partial charge >= 0.3 is 0 Å². The van der Waals surface area contributed by atoms with Crippen molar-refractivity contribution in [3.63, 3.8) is 0 Å². The minimum Gasteiger partial charge on any atom is -0.351 e. The normalized spacial score (nSPS) is 10.4. The summed E-state index contributed by atoms with van der Waals surface area (Å²) >= 11 is 13.1. The number of aromatic nitrogens is 2. The van der Waals surface area contributed by atoms with Crippen LogP contribution in [0.4, 0.5) is 5.69 Å². The van der Waals surface area contributed by atoms with E-state index in [2.05, 4.69) is 20.6 Å². The van der Waals surface area contributed by atoms with E-state index in [1.54, 1.807) is 24.3 Å². The molecule has 1 aromatic carbocycles. The van der Waals surface area contributed by atoms with Crippen molar-refractivity contribution in [1.82, 2.24) is 15.3 Å². The van der Waals surface area contributed by atoms with Gasteiger partial charge in [-0.15, -0.1) is 0 Å². The molecule has 0 saturated carbocycles. The molecule has 0 aliphatic heterocycles. The van der Waals surface area contributed by atoms with Crippen molar-refractivity contribution in [1.29, 1.82) is 0 Å². The van der Waals surface area contributed by atoms with E-state index in [4.69, 9.17) is 23.2 Å². The van der Waals surface area contributed by atoms with Crippen LogP contribution >= 0.6 is 35.0 Å². The van der Waals surface area contributed by atoms with Crippen LogP contribution in [0.1, 0.15) is 23.3 Å². The van der Waals surface area contributed by atoms with Gasteiger partial charge in [0.15, 0.2) is 10.9 Å². The van der Waals surface area contributed by atoms with E-state index in [1.807, 2.05) is 6.26 Å². The molecule has 1 aromatic heterocycles. The summed E-state index contributed by atoms with van der Waals surface area (Å²) in [4.78, 5) is 32.0. The molecule has 132 valence electrons. The maximum Gasteiger partial charge on any atom is 0.271 e. The zero-order valence-corrected chi connectivity index (χ0v) is 15.7. The van der Waals surface area contributed by atoms with E-state index in [9.17, 15) is 9.59 Å². The predicted octanol–water partition coefficient (Wildman–Crippen LogP) is 3.65. The van der Waals surface area contributed by atoms with Crippen molar-refractivity contribution < 1.29 is 9.59 Å². The van der Waals surface area contributed by atoms with Crippen LogP contribution in [0.15, 0.2) is 35.6 Å². The fourth-order valence-electron chi connectivity index (χ4n) is 1.90. The van der Waals surface area contributed by atoms with Crippen molar-refractivity contribution >= 4 is 52.5 Å². The van der Waals surface area contributed by atoms with Crippen molar-refractivity contribution in [2.45, 2.75) is 18.0 Å². The summed E-state index contributed by atoms with van der Waals surface area (Å²) < 4.78 is 0. The van der Waals surface area contributed by atoms with E-state index in [1.165, 1.54) is 18.0 Å². The Labute approximate surface area is 159 Å². The lowest BCUT2D eigenvalue weighted by Crippen LogP contribution is -2.27. The molecule has 9 heteroatoms. The Bertz CT molecular complexity index is 756. The van der Waals surface area contributed by atoms with E-state index in [-0.39, 0.29) is 29.0 Å². The third-order valence-corrected chi connectivity index (χ3v) is 4.20. The SMILES string of the molecule is CSc1ncc(Cl)c(C(=O)NCCCC(=O)Nc2ccc(Cl)cc2)n1. The monoisotopic (exact) mass is 398 g/mol. The quantitative estimate of drug-likeness (QED) is 0.422. The zero-order valence-electron chi connectivity index (χ0n) is 13.4. The highest BCUT2D eigenvalue weighted by Crippen LogP contribution is 2.16. The zero-order chi connectivity index (χ0) is 18.2. The maximum absolute atomic E-state index is 12.1. The lowest BCUT2D eigenvalue weighted by atomic mass is 10.2. The molecule has 0 spiro atoms. The number of carbonyl (C=O) groups is 2. The van der Waals surface area contributed by atoms with Crippen LogP contribution in [0, 0.1) is 0 Å². The minimum atomic E-state index is -0.388. The van der Waals surface area contributed by atoms with Crippen LogP contribution in [0.3, 0.4) is 0 Å². The van der Waals surface area contributed by atoms with E-state index < -0.39 is 0 Å². The van der Waals surface area contributed by atoms with E-state index >= 15 is 0 Å². The molecular weight excluding hydrogens is 383 g/mol. The van der Waals surface area contributed by atoms with Gasteiger partial charge < -0.3 is 10.6 Å². The summed E-state index contributed by atoms with van der Waals surface area (Å²) in [6.45, 7) is 0.335. The number of hydrogen-bond acceptors (Lipinski definition) is 5. The summed E-state index contributed by atoms with van der Waals surface area (Å²) in [6, 6.07) is 6.85. The van der Waals surface area contributed by atoms with E-state index in [0.29, 0.717) is 28.8 Å². The molecule has 2 amide bonds. The average Bonchev–Trinajstić information content (AvgIpc) is 2.61. The fourth-order valence-corrected chi connectivity index (χ4v) is 2.54. The van der Waals surface area contributed by atoms with Crippen molar-refractivity contribution in [2.24, 2.45) is 0 Å². The molecule has 2 rings (SSSR count). The Balaban J connectivity index is 1.76. The second-order valence-corrected chi connectivity index (χ2v) is 6.58. The second-order valence-electron chi connectivity index (χ2n) is 4.97. The topological polar surface area (TPSA) is 84.0 Å². The number of rotatable bonds is 7. The van der Waals surface area contributed by atoms with Gasteiger partial charge in [0.1, 0.15) is 0 Å². The number of benzene rings is 1. The summed E-state index contributed by atoms with van der Waals surface area (Å²) in [7, 11) is 0. The standard InChI is InChI=1S/C16H16Cl2N4O2S/c1-25-16-20-9-12(18)14(22-16)15(24)19-8-2-3-13(23)21-11-6-4-10(17)5-7-11/h4-7,9H,2-3,8H2,1H3,(H,19,24)(H,21,23). The predicted molar refractivity (Wildman–Crippen MR) is 100 cm³/mol. The summed E-state index contributed by atoms with van der Waals surface area (Å²) in [5, 5.41) is 6.72. The van der Waals surface area contributed by atoms with Crippen molar-refractivity contribution in [3.05, 3.63) is 46.2 Å². The largest absolute Gasteiger partial charge is 0.351 e. The maximum atomic E-state index is 12.1. The lowest BCUT2D eigenvalue weighted by Gasteiger charge is -2.07. The van der Waals surface area contributed by atoms with E-state index in [0.717, 1.165) is 0 Å². The van der Waals surface area contributed by atoms with Crippen LogP contribution in [0.2, 0.25) is 10.0 Å². The molecule has 0 atom stereocenters. The number of hydrogen-bond donors (Lipinski definition) is 2. The molecule has 2 N–H and O–H groups in total. The molecule has 0 saturated heterocycles. The molecule has 25 heavy (non-hydrogen) atoms. The van der Waals surface area contributed by atoms with Gasteiger partial charge in [0.2, 0.25) is 5.91 Å². The Hall–Kier alpha value is -1.83. The Morgan fingerprint density at radius 2 is 1.92 bits per heavy atom.